The number of pyridine rings is 1. The normalized spacial score (nSPS) is 12.8. The summed E-state index contributed by atoms with van der Waals surface area (Å²) >= 11 is 0. The molecule has 0 saturated carbocycles. The van der Waals surface area contributed by atoms with Crippen molar-refractivity contribution in [1.29, 1.82) is 0 Å². The van der Waals surface area contributed by atoms with Gasteiger partial charge in [-0.3, -0.25) is 4.57 Å². The standard InChI is InChI=1S/C58H41BN6O.Pt/c1-58(2,3)39-34-41(64-57-56(32-17-33-60-57)65-51-27-11-7-21-45(51)44-20-4-8-24-48(44)59(64)65)37-43(35-39)66-42-19-16-18-40(36-42)61-38-62(53-29-13-12-28-52(53)61)54-30-14-15-31-55(54)63-49-25-9-5-22-46(49)47-23-6-10-26-50(47)63;/h4-35H,1-3H3;/q-2;. The molecule has 67 heavy (non-hydrogen) atoms. The summed E-state index contributed by atoms with van der Waals surface area (Å²) in [7, 11) is 0. The summed E-state index contributed by atoms with van der Waals surface area (Å²) in [5.74, 6) is 2.05. The van der Waals surface area contributed by atoms with Crippen LogP contribution in [-0.2, 0) is 26.5 Å². The number of hydrogen-bond acceptors (Lipinski definition) is 4. The zero-order valence-corrected chi connectivity index (χ0v) is 39.2. The molecule has 2 aliphatic heterocycles. The second-order valence-electron chi connectivity index (χ2n) is 18.1. The number of aromatic nitrogens is 4. The Hall–Kier alpha value is -7.67. The van der Waals surface area contributed by atoms with Gasteiger partial charge in [-0.25, -0.2) is 4.98 Å². The second kappa shape index (κ2) is 15.8. The molecule has 324 valence electrons. The zero-order chi connectivity index (χ0) is 44.1. The van der Waals surface area contributed by atoms with E-state index in [9.17, 15) is 0 Å². The predicted octanol–water partition coefficient (Wildman–Crippen LogP) is 12.6. The van der Waals surface area contributed by atoms with Gasteiger partial charge < -0.3 is 23.5 Å². The van der Waals surface area contributed by atoms with E-state index in [1.807, 2.05) is 24.4 Å². The van der Waals surface area contributed by atoms with Crippen LogP contribution in [0.3, 0.4) is 0 Å². The van der Waals surface area contributed by atoms with Crippen LogP contribution >= 0.6 is 0 Å². The molecule has 2 aliphatic rings. The van der Waals surface area contributed by atoms with E-state index in [0.717, 1.165) is 67.6 Å². The summed E-state index contributed by atoms with van der Waals surface area (Å²) < 4.78 is 13.5. The summed E-state index contributed by atoms with van der Waals surface area (Å²) in [5.41, 5.74) is 14.8. The first kappa shape index (κ1) is 40.8. The summed E-state index contributed by atoms with van der Waals surface area (Å²) in [6, 6.07) is 73.6. The second-order valence-corrected chi connectivity index (χ2v) is 18.1. The van der Waals surface area contributed by atoms with Crippen molar-refractivity contribution in [1.82, 2.24) is 14.1 Å². The van der Waals surface area contributed by atoms with Crippen LogP contribution in [0.1, 0.15) is 26.3 Å². The number of imidazole rings is 1. The van der Waals surface area contributed by atoms with Gasteiger partial charge in [0, 0.05) is 60.8 Å². The fraction of sp³-hybridized carbons (Fsp3) is 0.0690. The predicted molar refractivity (Wildman–Crippen MR) is 267 cm³/mol. The van der Waals surface area contributed by atoms with Gasteiger partial charge in [-0.15, -0.1) is 35.9 Å². The van der Waals surface area contributed by atoms with Crippen LogP contribution in [0.25, 0.3) is 61.0 Å². The largest absolute Gasteiger partial charge is 0.510 e. The van der Waals surface area contributed by atoms with E-state index in [1.165, 1.54) is 27.4 Å². The first-order valence-corrected chi connectivity index (χ1v) is 22.4. The number of ether oxygens (including phenoxy) is 1. The van der Waals surface area contributed by atoms with E-state index in [1.54, 1.807) is 0 Å². The van der Waals surface area contributed by atoms with Crippen molar-refractivity contribution in [3.8, 4) is 39.7 Å². The van der Waals surface area contributed by atoms with Crippen molar-refractivity contribution in [3.05, 3.63) is 218 Å². The number of anilines is 4. The van der Waals surface area contributed by atoms with Gasteiger partial charge in [-0.05, 0) is 64.6 Å². The van der Waals surface area contributed by atoms with E-state index in [4.69, 9.17) is 9.72 Å². The minimum absolute atomic E-state index is 0. The number of fused-ring (bicyclic) bond motifs is 12. The minimum atomic E-state index is -0.195. The van der Waals surface area contributed by atoms with Gasteiger partial charge in [0.2, 0.25) is 0 Å². The zero-order valence-electron chi connectivity index (χ0n) is 37.0. The molecule has 0 saturated heterocycles. The molecule has 0 amide bonds. The van der Waals surface area contributed by atoms with E-state index in [-0.39, 0.29) is 33.5 Å². The third-order valence-electron chi connectivity index (χ3n) is 13.1. The Morgan fingerprint density at radius 1 is 0.552 bits per heavy atom. The monoisotopic (exact) mass is 1040 g/mol. The van der Waals surface area contributed by atoms with Gasteiger partial charge in [-0.2, -0.15) is 12.1 Å². The molecule has 0 fully saturated rings. The van der Waals surface area contributed by atoms with Crippen LogP contribution in [0, 0.1) is 18.5 Å². The first-order valence-electron chi connectivity index (χ1n) is 22.4. The number of nitrogens with zero attached hydrogens (tertiary/aromatic N) is 6. The van der Waals surface area contributed by atoms with E-state index in [2.05, 4.69) is 232 Å². The molecule has 7 nitrogen and oxygen atoms in total. The maximum atomic E-state index is 6.87. The topological polar surface area (TPSA) is 42.3 Å². The number of para-hydroxylation sites is 7. The van der Waals surface area contributed by atoms with Gasteiger partial charge in [0.25, 0.3) is 6.33 Å². The third-order valence-corrected chi connectivity index (χ3v) is 13.1. The SMILES string of the molecule is CC(C)(C)c1cc(Oc2[c-]c(-n3[c-][n+](-c4ccccc4-n4c5ccccc5c5ccccc54)c4ccccc43)ccc2)[c-]c(N2B3c4ccccc4-c4ccccc4N3c3cccnc32)c1.[Pt]. The Balaban J connectivity index is 0.00000468. The Morgan fingerprint density at radius 2 is 1.19 bits per heavy atom. The molecule has 0 aliphatic carbocycles. The summed E-state index contributed by atoms with van der Waals surface area (Å²) in [5, 5.41) is 2.44. The Kier molecular flexibility index (Phi) is 9.60. The van der Waals surface area contributed by atoms with Crippen LogP contribution in [0.15, 0.2) is 194 Å². The van der Waals surface area contributed by atoms with Crippen molar-refractivity contribution in [2.45, 2.75) is 26.2 Å². The molecule has 0 bridgehead atoms. The average molecular weight is 1040 g/mol. The van der Waals surface area contributed by atoms with Crippen molar-refractivity contribution in [2.24, 2.45) is 0 Å². The van der Waals surface area contributed by atoms with Gasteiger partial charge in [-0.1, -0.05) is 142 Å². The molecular formula is C58H41BN6OPt-2. The van der Waals surface area contributed by atoms with Gasteiger partial charge in [0.1, 0.15) is 5.82 Å². The van der Waals surface area contributed by atoms with Gasteiger partial charge in [0.15, 0.2) is 0 Å². The number of hydrogen-bond donors (Lipinski definition) is 0. The molecule has 8 aromatic carbocycles. The molecule has 0 atom stereocenters. The number of rotatable bonds is 6. The van der Waals surface area contributed by atoms with Crippen molar-refractivity contribution >= 4 is 68.2 Å². The third kappa shape index (κ3) is 6.46. The summed E-state index contributed by atoms with van der Waals surface area (Å²) in [4.78, 5) is 9.78. The van der Waals surface area contributed by atoms with Crippen LogP contribution in [-0.4, -0.2) is 21.1 Å². The van der Waals surface area contributed by atoms with E-state index in [0.29, 0.717) is 11.5 Å². The van der Waals surface area contributed by atoms with Gasteiger partial charge in [0.05, 0.1) is 39.1 Å². The molecule has 0 unspecified atom stereocenters. The van der Waals surface area contributed by atoms with E-state index >= 15 is 0 Å². The quantitative estimate of drug-likeness (QED) is 0.0945. The molecule has 9 heteroatoms. The molecule has 0 spiro atoms. The van der Waals surface area contributed by atoms with Crippen LogP contribution < -0.4 is 24.4 Å². The minimum Gasteiger partial charge on any atom is -0.510 e. The Morgan fingerprint density at radius 3 is 1.99 bits per heavy atom. The molecular weight excluding hydrogens is 1000 g/mol. The average Bonchev–Trinajstić information content (AvgIpc) is 4.03. The fourth-order valence-corrected chi connectivity index (χ4v) is 10.1. The smallest absolute Gasteiger partial charge is 0.420 e. The van der Waals surface area contributed by atoms with Crippen molar-refractivity contribution in [3.63, 3.8) is 0 Å². The van der Waals surface area contributed by atoms with Gasteiger partial charge >= 0.3 is 6.98 Å². The number of benzene rings is 8. The van der Waals surface area contributed by atoms with Crippen molar-refractivity contribution < 1.29 is 30.4 Å². The molecule has 0 N–H and O–H groups in total. The fourth-order valence-electron chi connectivity index (χ4n) is 10.1. The summed E-state index contributed by atoms with van der Waals surface area (Å²) in [6.07, 6.45) is 5.62. The Bertz CT molecular complexity index is 3690. The molecule has 3 aromatic heterocycles. The summed E-state index contributed by atoms with van der Waals surface area (Å²) in [6.45, 7) is 6.52. The van der Waals surface area contributed by atoms with E-state index < -0.39 is 0 Å². The van der Waals surface area contributed by atoms with Crippen LogP contribution in [0.5, 0.6) is 11.5 Å². The maximum Gasteiger partial charge on any atom is 0.420 e. The molecule has 0 radical (unpaired) electrons. The molecule has 11 aromatic rings. The van der Waals surface area contributed by atoms with Crippen molar-refractivity contribution in [2.75, 3.05) is 9.62 Å². The molecule has 5 heterocycles. The maximum absolute atomic E-state index is 6.87. The van der Waals surface area contributed by atoms with Crippen LogP contribution in [0.2, 0.25) is 0 Å². The first-order chi connectivity index (χ1) is 32.4. The Labute approximate surface area is 404 Å². The molecule has 13 rings (SSSR count). The van der Waals surface area contributed by atoms with Crippen LogP contribution in [0.4, 0.5) is 22.9 Å².